The van der Waals surface area contributed by atoms with Crippen LogP contribution in [0.2, 0.25) is 5.02 Å². The number of carbonyl (C=O) groups is 1. The van der Waals surface area contributed by atoms with Crippen molar-refractivity contribution in [3.8, 4) is 0 Å². The summed E-state index contributed by atoms with van der Waals surface area (Å²) in [6.45, 7) is 3.90. The number of carbonyl (C=O) groups excluding carboxylic acids is 1. The second kappa shape index (κ2) is 8.42. The first-order valence-corrected chi connectivity index (χ1v) is 10.9. The minimum absolute atomic E-state index is 0.175. The highest BCUT2D eigenvalue weighted by Crippen LogP contribution is 2.22. The molecule has 1 aliphatic heterocycles. The Bertz CT molecular complexity index is 924. The smallest absolute Gasteiger partial charge is 0.254 e. The van der Waals surface area contributed by atoms with E-state index in [2.05, 4.69) is 0 Å². The van der Waals surface area contributed by atoms with Crippen LogP contribution in [-0.2, 0) is 16.6 Å². The summed E-state index contributed by atoms with van der Waals surface area (Å²) in [5, 5.41) is 0.620. The minimum Gasteiger partial charge on any atom is -0.335 e. The van der Waals surface area contributed by atoms with Gasteiger partial charge in [0.15, 0.2) is 0 Å². The molecule has 0 unspecified atom stereocenters. The summed E-state index contributed by atoms with van der Waals surface area (Å²) < 4.78 is 27.0. The van der Waals surface area contributed by atoms with E-state index in [1.165, 1.54) is 10.4 Å². The summed E-state index contributed by atoms with van der Waals surface area (Å²) in [4.78, 5) is 14.8. The predicted molar refractivity (Wildman–Crippen MR) is 106 cm³/mol. The molecular weight excluding hydrogens is 384 g/mol. The maximum atomic E-state index is 13.0. The van der Waals surface area contributed by atoms with Gasteiger partial charge in [0.1, 0.15) is 0 Å². The zero-order chi connectivity index (χ0) is 19.4. The molecule has 1 fully saturated rings. The quantitative estimate of drug-likeness (QED) is 0.733. The molecule has 5 nitrogen and oxygen atoms in total. The van der Waals surface area contributed by atoms with Gasteiger partial charge in [0, 0.05) is 36.8 Å². The monoisotopic (exact) mass is 406 g/mol. The normalized spacial score (nSPS) is 15.0. The number of nitrogens with zero attached hydrogens (tertiary/aromatic N) is 2. The Morgan fingerprint density at radius 3 is 2.48 bits per heavy atom. The number of benzene rings is 2. The zero-order valence-electron chi connectivity index (χ0n) is 15.3. The molecule has 0 aliphatic carbocycles. The molecule has 1 aliphatic rings. The fourth-order valence-electron chi connectivity index (χ4n) is 3.23. The maximum absolute atomic E-state index is 13.0. The van der Waals surface area contributed by atoms with E-state index in [0.29, 0.717) is 36.8 Å². The number of amides is 1. The van der Waals surface area contributed by atoms with Gasteiger partial charge in [-0.05, 0) is 55.7 Å². The average molecular weight is 407 g/mol. The van der Waals surface area contributed by atoms with Gasteiger partial charge in [0.25, 0.3) is 5.91 Å². The summed E-state index contributed by atoms with van der Waals surface area (Å²) in [5.41, 5.74) is 1.30. The van der Waals surface area contributed by atoms with Crippen LogP contribution in [0, 0.1) is 0 Å². The maximum Gasteiger partial charge on any atom is 0.254 e. The van der Waals surface area contributed by atoms with Crippen molar-refractivity contribution < 1.29 is 13.2 Å². The summed E-state index contributed by atoms with van der Waals surface area (Å²) >= 11 is 6.03. The molecule has 0 atom stereocenters. The number of hydrogen-bond donors (Lipinski definition) is 0. The highest BCUT2D eigenvalue weighted by Gasteiger charge is 2.28. The Morgan fingerprint density at radius 2 is 1.81 bits per heavy atom. The van der Waals surface area contributed by atoms with E-state index in [4.69, 9.17) is 11.6 Å². The van der Waals surface area contributed by atoms with E-state index in [0.717, 1.165) is 18.4 Å². The van der Waals surface area contributed by atoms with Gasteiger partial charge in [0.05, 0.1) is 4.90 Å². The van der Waals surface area contributed by atoms with Crippen LogP contribution < -0.4 is 0 Å². The molecule has 27 heavy (non-hydrogen) atoms. The van der Waals surface area contributed by atoms with E-state index in [9.17, 15) is 13.2 Å². The number of rotatable bonds is 6. The summed E-state index contributed by atoms with van der Waals surface area (Å²) in [5.74, 6) is -0.198. The third-order valence-electron chi connectivity index (χ3n) is 4.72. The van der Waals surface area contributed by atoms with Gasteiger partial charge >= 0.3 is 0 Å². The van der Waals surface area contributed by atoms with Crippen LogP contribution >= 0.6 is 11.6 Å². The molecule has 2 aromatic carbocycles. The highest BCUT2D eigenvalue weighted by atomic mass is 35.5. The molecule has 2 aromatic rings. The van der Waals surface area contributed by atoms with Gasteiger partial charge in [-0.15, -0.1) is 0 Å². The Labute approximate surface area is 165 Å². The molecular formula is C20H23ClN2O3S. The van der Waals surface area contributed by atoms with Crippen molar-refractivity contribution in [2.45, 2.75) is 31.2 Å². The van der Waals surface area contributed by atoms with Crippen molar-refractivity contribution in [2.24, 2.45) is 0 Å². The topological polar surface area (TPSA) is 57.7 Å². The lowest BCUT2D eigenvalue weighted by Crippen LogP contribution is -2.31. The molecule has 144 valence electrons. The Morgan fingerprint density at radius 1 is 1.11 bits per heavy atom. The summed E-state index contributed by atoms with van der Waals surface area (Å²) in [7, 11) is -3.55. The molecule has 0 N–H and O–H groups in total. The van der Waals surface area contributed by atoms with E-state index >= 15 is 0 Å². The minimum atomic E-state index is -3.55. The molecule has 0 bridgehead atoms. The van der Waals surface area contributed by atoms with Gasteiger partial charge in [-0.3, -0.25) is 4.79 Å². The molecule has 3 rings (SSSR count). The van der Waals surface area contributed by atoms with Crippen molar-refractivity contribution in [2.75, 3.05) is 19.6 Å². The summed E-state index contributed by atoms with van der Waals surface area (Å²) in [6, 6.07) is 13.7. The van der Waals surface area contributed by atoms with E-state index in [1.54, 1.807) is 29.2 Å². The average Bonchev–Trinajstić information content (AvgIpc) is 3.21. The van der Waals surface area contributed by atoms with Crippen LogP contribution in [0.5, 0.6) is 0 Å². The van der Waals surface area contributed by atoms with E-state index < -0.39 is 10.0 Å². The first-order valence-electron chi connectivity index (χ1n) is 9.06. The SMILES string of the molecule is CCN(Cc1cccc(Cl)c1)C(=O)c1cccc(S(=O)(=O)N2CCCC2)c1. The molecule has 1 saturated heterocycles. The van der Waals surface area contributed by atoms with Gasteiger partial charge in [-0.25, -0.2) is 8.42 Å². The summed E-state index contributed by atoms with van der Waals surface area (Å²) in [6.07, 6.45) is 1.75. The predicted octanol–water partition coefficient (Wildman–Crippen LogP) is 3.79. The second-order valence-electron chi connectivity index (χ2n) is 6.59. The van der Waals surface area contributed by atoms with Gasteiger partial charge < -0.3 is 4.90 Å². The van der Waals surface area contributed by atoms with Crippen molar-refractivity contribution in [1.82, 2.24) is 9.21 Å². The lowest BCUT2D eigenvalue weighted by atomic mass is 10.1. The lowest BCUT2D eigenvalue weighted by Gasteiger charge is -2.22. The Hall–Kier alpha value is -1.89. The first kappa shape index (κ1) is 19.9. The fraction of sp³-hybridized carbons (Fsp3) is 0.350. The fourth-order valence-corrected chi connectivity index (χ4v) is 5.01. The van der Waals surface area contributed by atoms with Crippen molar-refractivity contribution in [3.05, 3.63) is 64.7 Å². The van der Waals surface area contributed by atoms with Gasteiger partial charge in [0.2, 0.25) is 10.0 Å². The van der Waals surface area contributed by atoms with Crippen LogP contribution in [0.25, 0.3) is 0 Å². The molecule has 1 amide bonds. The van der Waals surface area contributed by atoms with Crippen LogP contribution in [0.1, 0.15) is 35.7 Å². The second-order valence-corrected chi connectivity index (χ2v) is 8.96. The van der Waals surface area contributed by atoms with E-state index in [-0.39, 0.29) is 10.8 Å². The van der Waals surface area contributed by atoms with Crippen LogP contribution in [-0.4, -0.2) is 43.2 Å². The van der Waals surface area contributed by atoms with Gasteiger partial charge in [-0.1, -0.05) is 29.8 Å². The van der Waals surface area contributed by atoms with Crippen LogP contribution in [0.4, 0.5) is 0 Å². The zero-order valence-corrected chi connectivity index (χ0v) is 16.8. The van der Waals surface area contributed by atoms with Crippen molar-refractivity contribution in [3.63, 3.8) is 0 Å². The molecule has 0 spiro atoms. The Balaban J connectivity index is 1.83. The molecule has 0 aromatic heterocycles. The molecule has 1 heterocycles. The van der Waals surface area contributed by atoms with E-state index in [1.807, 2.05) is 25.1 Å². The number of sulfonamides is 1. The highest BCUT2D eigenvalue weighted by molar-refractivity contribution is 7.89. The molecule has 0 saturated carbocycles. The third kappa shape index (κ3) is 4.51. The van der Waals surface area contributed by atoms with Crippen LogP contribution in [0.3, 0.4) is 0 Å². The number of halogens is 1. The number of hydrogen-bond acceptors (Lipinski definition) is 3. The third-order valence-corrected chi connectivity index (χ3v) is 6.84. The van der Waals surface area contributed by atoms with Gasteiger partial charge in [-0.2, -0.15) is 4.31 Å². The molecule has 7 heteroatoms. The van der Waals surface area contributed by atoms with Crippen molar-refractivity contribution in [1.29, 1.82) is 0 Å². The Kier molecular flexibility index (Phi) is 6.19. The lowest BCUT2D eigenvalue weighted by molar-refractivity contribution is 0.0752. The van der Waals surface area contributed by atoms with Crippen molar-refractivity contribution >= 4 is 27.5 Å². The largest absolute Gasteiger partial charge is 0.335 e. The van der Waals surface area contributed by atoms with Crippen LogP contribution in [0.15, 0.2) is 53.4 Å². The molecule has 0 radical (unpaired) electrons. The first-order chi connectivity index (χ1) is 12.9. The standard InChI is InChI=1S/C20H23ClN2O3S/c1-2-22(15-16-7-5-9-18(21)13-16)20(24)17-8-6-10-19(14-17)27(25,26)23-11-3-4-12-23/h5-10,13-14H,2-4,11-12,15H2,1H3.